The maximum atomic E-state index is 11.6. The van der Waals surface area contributed by atoms with Gasteiger partial charge < -0.3 is 4.74 Å². The average Bonchev–Trinajstić information content (AvgIpc) is 2.98. The molecule has 0 saturated carbocycles. The van der Waals surface area contributed by atoms with E-state index in [9.17, 15) is 4.79 Å². The zero-order valence-electron chi connectivity index (χ0n) is 10.2. The molecule has 2 aromatic heterocycles. The number of carbonyl (C=O) groups excluding carboxylic acids is 1. The predicted molar refractivity (Wildman–Crippen MR) is 72.3 cm³/mol. The second kappa shape index (κ2) is 4.81. The van der Waals surface area contributed by atoms with E-state index >= 15 is 0 Å². The number of ether oxygens (including phenoxy) is 1. The Balaban J connectivity index is 1.96. The molecule has 19 heavy (non-hydrogen) atoms. The maximum absolute atomic E-state index is 11.6. The molecule has 6 heteroatoms. The number of carbonyl (C=O) groups is 1. The van der Waals surface area contributed by atoms with Gasteiger partial charge in [0.1, 0.15) is 0 Å². The summed E-state index contributed by atoms with van der Waals surface area (Å²) in [4.78, 5) is 16.7. The van der Waals surface area contributed by atoms with E-state index in [1.807, 2.05) is 36.5 Å². The second-order valence-corrected chi connectivity index (χ2v) is 4.80. The third kappa shape index (κ3) is 2.22. The molecule has 96 valence electrons. The highest BCUT2D eigenvalue weighted by atomic mass is 32.1. The molecule has 0 aliphatic heterocycles. The lowest BCUT2D eigenvalue weighted by molar-refractivity contribution is 0.0524. The van der Waals surface area contributed by atoms with Crippen LogP contribution in [-0.4, -0.2) is 27.2 Å². The minimum absolute atomic E-state index is 0.323. The average molecular weight is 273 g/mol. The Morgan fingerprint density at radius 1 is 1.37 bits per heavy atom. The van der Waals surface area contributed by atoms with Crippen molar-refractivity contribution < 1.29 is 9.53 Å². The summed E-state index contributed by atoms with van der Waals surface area (Å²) in [5.41, 5.74) is 1.87. The summed E-state index contributed by atoms with van der Waals surface area (Å²) < 4.78 is 6.52. The molecule has 0 N–H and O–H groups in total. The number of hydrogen-bond acceptors (Lipinski definition) is 5. The van der Waals surface area contributed by atoms with E-state index in [0.717, 1.165) is 11.3 Å². The van der Waals surface area contributed by atoms with Gasteiger partial charge in [0.15, 0.2) is 0 Å². The van der Waals surface area contributed by atoms with Crippen LogP contribution in [0.4, 0.5) is 0 Å². The summed E-state index contributed by atoms with van der Waals surface area (Å²) in [5.74, 6) is -0.403. The normalized spacial score (nSPS) is 10.8. The fourth-order valence-corrected chi connectivity index (χ4v) is 2.50. The standard InChI is InChI=1S/C13H11N3O2S/c1-2-18-12(17)11-15-16-8-10(14-13(16)19-11)9-6-4-3-5-7-9/h3-8H,2H2,1H3. The number of hydrogen-bond donors (Lipinski definition) is 0. The third-order valence-corrected chi connectivity index (χ3v) is 3.47. The fraction of sp³-hybridized carbons (Fsp3) is 0.154. The van der Waals surface area contributed by atoms with Gasteiger partial charge in [0.2, 0.25) is 9.97 Å². The van der Waals surface area contributed by atoms with Crippen molar-refractivity contribution in [3.05, 3.63) is 41.5 Å². The SMILES string of the molecule is CCOC(=O)c1nn2cc(-c3ccccc3)nc2s1. The Kier molecular flexibility index (Phi) is 3.00. The van der Waals surface area contributed by atoms with E-state index in [2.05, 4.69) is 10.1 Å². The Labute approximate surface area is 113 Å². The van der Waals surface area contributed by atoms with Gasteiger partial charge in [0.25, 0.3) is 0 Å². The molecule has 0 amide bonds. The van der Waals surface area contributed by atoms with Crippen molar-refractivity contribution in [3.8, 4) is 11.3 Å². The summed E-state index contributed by atoms with van der Waals surface area (Å²) in [6.07, 6.45) is 1.81. The Bertz CT molecular complexity index is 686. The molecule has 0 saturated heterocycles. The van der Waals surface area contributed by atoms with Crippen LogP contribution in [0.5, 0.6) is 0 Å². The minimum atomic E-state index is -0.403. The lowest BCUT2D eigenvalue weighted by Gasteiger charge is -1.95. The van der Waals surface area contributed by atoms with Crippen molar-refractivity contribution in [2.45, 2.75) is 6.92 Å². The molecule has 0 fully saturated rings. The monoisotopic (exact) mass is 273 g/mol. The molecule has 0 atom stereocenters. The van der Waals surface area contributed by atoms with Gasteiger partial charge in [-0.05, 0) is 6.92 Å². The topological polar surface area (TPSA) is 56.5 Å². The van der Waals surface area contributed by atoms with E-state index in [-0.39, 0.29) is 0 Å². The van der Waals surface area contributed by atoms with Crippen molar-refractivity contribution in [1.29, 1.82) is 0 Å². The smallest absolute Gasteiger partial charge is 0.369 e. The van der Waals surface area contributed by atoms with Crippen molar-refractivity contribution in [1.82, 2.24) is 14.6 Å². The molecular weight excluding hydrogens is 262 g/mol. The highest BCUT2D eigenvalue weighted by Crippen LogP contribution is 2.22. The van der Waals surface area contributed by atoms with Crippen LogP contribution in [0.3, 0.4) is 0 Å². The van der Waals surface area contributed by atoms with Crippen molar-refractivity contribution in [2.75, 3.05) is 6.61 Å². The number of aromatic nitrogens is 3. The van der Waals surface area contributed by atoms with Crippen molar-refractivity contribution in [3.63, 3.8) is 0 Å². The summed E-state index contributed by atoms with van der Waals surface area (Å²) in [7, 11) is 0. The molecule has 0 bridgehead atoms. The molecule has 0 radical (unpaired) electrons. The molecule has 0 unspecified atom stereocenters. The molecule has 0 spiro atoms. The van der Waals surface area contributed by atoms with Crippen LogP contribution in [-0.2, 0) is 4.74 Å². The zero-order chi connectivity index (χ0) is 13.2. The quantitative estimate of drug-likeness (QED) is 0.688. The van der Waals surface area contributed by atoms with E-state index in [1.54, 1.807) is 11.4 Å². The van der Waals surface area contributed by atoms with Gasteiger partial charge in [-0.25, -0.2) is 14.3 Å². The molecule has 3 rings (SSSR count). The van der Waals surface area contributed by atoms with Crippen LogP contribution < -0.4 is 0 Å². The lowest BCUT2D eigenvalue weighted by Crippen LogP contribution is -2.04. The van der Waals surface area contributed by atoms with Crippen LogP contribution >= 0.6 is 11.3 Å². The number of benzene rings is 1. The number of imidazole rings is 1. The van der Waals surface area contributed by atoms with E-state index in [1.165, 1.54) is 11.3 Å². The van der Waals surface area contributed by atoms with Gasteiger partial charge in [-0.15, -0.1) is 5.10 Å². The molecule has 0 aliphatic rings. The van der Waals surface area contributed by atoms with E-state index in [4.69, 9.17) is 4.74 Å². The van der Waals surface area contributed by atoms with Crippen molar-refractivity contribution in [2.24, 2.45) is 0 Å². The Morgan fingerprint density at radius 3 is 2.84 bits per heavy atom. The third-order valence-electron chi connectivity index (χ3n) is 2.56. The highest BCUT2D eigenvalue weighted by Gasteiger charge is 2.15. The lowest BCUT2D eigenvalue weighted by atomic mass is 10.2. The van der Waals surface area contributed by atoms with Crippen molar-refractivity contribution >= 4 is 22.3 Å². The zero-order valence-corrected chi connectivity index (χ0v) is 11.1. The fourth-order valence-electron chi connectivity index (χ4n) is 1.72. The molecule has 0 aliphatic carbocycles. The first-order chi connectivity index (χ1) is 9.28. The van der Waals surface area contributed by atoms with Gasteiger partial charge in [-0.3, -0.25) is 0 Å². The maximum Gasteiger partial charge on any atom is 0.369 e. The Morgan fingerprint density at radius 2 is 2.16 bits per heavy atom. The van der Waals surface area contributed by atoms with Gasteiger partial charge in [-0.2, -0.15) is 0 Å². The predicted octanol–water partition coefficient (Wildman–Crippen LogP) is 2.63. The first-order valence-corrected chi connectivity index (χ1v) is 6.68. The van der Waals surface area contributed by atoms with Gasteiger partial charge >= 0.3 is 5.97 Å². The Hall–Kier alpha value is -2.21. The number of nitrogens with zero attached hydrogens (tertiary/aromatic N) is 3. The van der Waals surface area contributed by atoms with Crippen LogP contribution in [0.2, 0.25) is 0 Å². The van der Waals surface area contributed by atoms with Gasteiger partial charge in [-0.1, -0.05) is 41.7 Å². The molecular formula is C13H11N3O2S. The first kappa shape index (κ1) is 11.9. The van der Waals surface area contributed by atoms with Crippen LogP contribution in [0.1, 0.15) is 16.7 Å². The minimum Gasteiger partial charge on any atom is -0.461 e. The molecule has 1 aromatic carbocycles. The summed E-state index contributed by atoms with van der Waals surface area (Å²) in [5, 5.41) is 4.50. The van der Waals surface area contributed by atoms with Crippen LogP contribution in [0, 0.1) is 0 Å². The summed E-state index contributed by atoms with van der Waals surface area (Å²) in [6, 6.07) is 9.84. The first-order valence-electron chi connectivity index (χ1n) is 5.86. The molecule has 3 aromatic rings. The highest BCUT2D eigenvalue weighted by molar-refractivity contribution is 7.18. The number of fused-ring (bicyclic) bond motifs is 1. The summed E-state index contributed by atoms with van der Waals surface area (Å²) in [6.45, 7) is 2.11. The number of esters is 1. The van der Waals surface area contributed by atoms with Gasteiger partial charge in [0.05, 0.1) is 18.5 Å². The van der Waals surface area contributed by atoms with E-state index < -0.39 is 5.97 Å². The largest absolute Gasteiger partial charge is 0.461 e. The number of rotatable bonds is 3. The summed E-state index contributed by atoms with van der Waals surface area (Å²) >= 11 is 1.23. The van der Waals surface area contributed by atoms with E-state index in [0.29, 0.717) is 16.6 Å². The van der Waals surface area contributed by atoms with Crippen LogP contribution in [0.15, 0.2) is 36.5 Å². The second-order valence-electron chi connectivity index (χ2n) is 3.85. The van der Waals surface area contributed by atoms with Gasteiger partial charge in [0, 0.05) is 5.56 Å². The molecule has 2 heterocycles. The molecule has 5 nitrogen and oxygen atoms in total. The van der Waals surface area contributed by atoms with Crippen LogP contribution in [0.25, 0.3) is 16.2 Å².